The quantitative estimate of drug-likeness (QED) is 0.682. The van der Waals surface area contributed by atoms with Gasteiger partial charge in [0.15, 0.2) is 5.78 Å². The van der Waals surface area contributed by atoms with Crippen molar-refractivity contribution in [3.8, 4) is 5.75 Å². The third-order valence-corrected chi connectivity index (χ3v) is 2.52. The summed E-state index contributed by atoms with van der Waals surface area (Å²) in [7, 11) is 1.61. The van der Waals surface area contributed by atoms with Crippen LogP contribution in [0.3, 0.4) is 0 Å². The summed E-state index contributed by atoms with van der Waals surface area (Å²) in [5, 5.41) is 0. The third-order valence-electron chi connectivity index (χ3n) is 2.52. The molecule has 0 aliphatic carbocycles. The van der Waals surface area contributed by atoms with Crippen LogP contribution >= 0.6 is 0 Å². The molecular weight excluding hydrogens is 216 g/mol. The normalized spacial score (nSPS) is 12.2. The monoisotopic (exact) mass is 236 g/mol. The maximum absolute atomic E-state index is 12.0. The molecule has 0 radical (unpaired) electrons. The average Bonchev–Trinajstić information content (AvgIpc) is 2.36. The van der Waals surface area contributed by atoms with E-state index in [1.165, 1.54) is 0 Å². The summed E-state index contributed by atoms with van der Waals surface area (Å²) in [6.45, 7) is 4.55. The lowest BCUT2D eigenvalue weighted by molar-refractivity contribution is 0.0789. The second-order valence-corrected chi connectivity index (χ2v) is 4.02. The van der Waals surface area contributed by atoms with E-state index in [1.54, 1.807) is 13.2 Å². The summed E-state index contributed by atoms with van der Waals surface area (Å²) in [4.78, 5) is 12.0. The van der Waals surface area contributed by atoms with Crippen molar-refractivity contribution in [2.24, 2.45) is 0 Å². The second kappa shape index (κ2) is 7.07. The molecule has 1 atom stereocenters. The van der Waals surface area contributed by atoms with E-state index < -0.39 is 0 Å². The number of ketones is 1. The summed E-state index contributed by atoms with van der Waals surface area (Å²) in [6.07, 6.45) is 1.24. The van der Waals surface area contributed by atoms with Crippen LogP contribution in [0.5, 0.6) is 5.75 Å². The van der Waals surface area contributed by atoms with E-state index in [0.29, 0.717) is 24.3 Å². The van der Waals surface area contributed by atoms with Gasteiger partial charge in [0.25, 0.3) is 0 Å². The lowest BCUT2D eigenvalue weighted by atomic mass is 10.0. The number of carbonyl (C=O) groups is 1. The fraction of sp³-hybridized carbons (Fsp3) is 0.500. The minimum atomic E-state index is -0.0678. The Kier molecular flexibility index (Phi) is 5.70. The van der Waals surface area contributed by atoms with Gasteiger partial charge in [-0.3, -0.25) is 4.79 Å². The Balaban J connectivity index is 2.77. The smallest absolute Gasteiger partial charge is 0.169 e. The molecule has 0 spiro atoms. The summed E-state index contributed by atoms with van der Waals surface area (Å²) < 4.78 is 10.7. The number of para-hydroxylation sites is 1. The predicted octanol–water partition coefficient (Wildman–Crippen LogP) is 3.08. The van der Waals surface area contributed by atoms with Gasteiger partial charge >= 0.3 is 0 Å². The van der Waals surface area contributed by atoms with Crippen LogP contribution in [-0.2, 0) is 4.74 Å². The molecule has 0 aromatic heterocycles. The van der Waals surface area contributed by atoms with Gasteiger partial charge in [-0.1, -0.05) is 19.1 Å². The van der Waals surface area contributed by atoms with Gasteiger partial charge in [0.2, 0.25) is 0 Å². The van der Waals surface area contributed by atoms with Crippen molar-refractivity contribution >= 4 is 5.78 Å². The number of hydrogen-bond donors (Lipinski definition) is 0. The number of hydrogen-bond acceptors (Lipinski definition) is 3. The number of carbonyl (C=O) groups excluding carboxylic acids is 1. The van der Waals surface area contributed by atoms with Gasteiger partial charge in [0, 0.05) is 13.5 Å². The zero-order chi connectivity index (χ0) is 12.7. The molecule has 0 N–H and O–H groups in total. The number of rotatable bonds is 7. The SMILES string of the molecule is CCCOc1ccccc1C(=O)CC(C)OC. The number of methoxy groups -OCH3 is 1. The molecule has 3 nitrogen and oxygen atoms in total. The minimum Gasteiger partial charge on any atom is -0.493 e. The van der Waals surface area contributed by atoms with Crippen LogP contribution in [-0.4, -0.2) is 25.6 Å². The van der Waals surface area contributed by atoms with Crippen LogP contribution in [0.4, 0.5) is 0 Å². The molecule has 1 unspecified atom stereocenters. The molecule has 1 aromatic carbocycles. The molecule has 1 rings (SSSR count). The molecule has 0 bridgehead atoms. The molecule has 0 heterocycles. The Bertz CT molecular complexity index is 360. The first-order chi connectivity index (χ1) is 8.19. The Morgan fingerprint density at radius 3 is 2.71 bits per heavy atom. The Morgan fingerprint density at radius 2 is 2.06 bits per heavy atom. The molecule has 0 aliphatic rings. The maximum atomic E-state index is 12.0. The Labute approximate surface area is 103 Å². The van der Waals surface area contributed by atoms with E-state index in [9.17, 15) is 4.79 Å². The van der Waals surface area contributed by atoms with Crippen LogP contribution in [0.1, 0.15) is 37.0 Å². The van der Waals surface area contributed by atoms with Crippen molar-refractivity contribution < 1.29 is 14.3 Å². The summed E-state index contributed by atoms with van der Waals surface area (Å²) in [5.74, 6) is 0.730. The molecule has 0 amide bonds. The molecule has 3 heteroatoms. The zero-order valence-electron chi connectivity index (χ0n) is 10.7. The zero-order valence-corrected chi connectivity index (χ0v) is 10.7. The first-order valence-corrected chi connectivity index (χ1v) is 5.96. The first kappa shape index (κ1) is 13.7. The van der Waals surface area contributed by atoms with Gasteiger partial charge in [-0.15, -0.1) is 0 Å². The number of Topliss-reactive ketones (excluding diaryl/α,β-unsaturated/α-hetero) is 1. The molecular formula is C14H20O3. The predicted molar refractivity (Wildman–Crippen MR) is 67.6 cm³/mol. The Hall–Kier alpha value is -1.35. The van der Waals surface area contributed by atoms with Crippen molar-refractivity contribution in [1.29, 1.82) is 0 Å². The molecule has 1 aromatic rings. The summed E-state index contributed by atoms with van der Waals surface area (Å²) >= 11 is 0. The first-order valence-electron chi connectivity index (χ1n) is 5.96. The maximum Gasteiger partial charge on any atom is 0.169 e. The molecule has 94 valence electrons. The van der Waals surface area contributed by atoms with Gasteiger partial charge in [0.1, 0.15) is 5.75 Å². The molecule has 0 aliphatic heterocycles. The molecule has 0 saturated carbocycles. The van der Waals surface area contributed by atoms with Gasteiger partial charge in [0.05, 0.1) is 18.3 Å². The van der Waals surface area contributed by atoms with Crippen LogP contribution in [0.15, 0.2) is 24.3 Å². The van der Waals surface area contributed by atoms with Gasteiger partial charge < -0.3 is 9.47 Å². The van der Waals surface area contributed by atoms with Gasteiger partial charge in [-0.05, 0) is 25.5 Å². The van der Waals surface area contributed by atoms with Crippen molar-refractivity contribution in [1.82, 2.24) is 0 Å². The van der Waals surface area contributed by atoms with Gasteiger partial charge in [-0.25, -0.2) is 0 Å². The van der Waals surface area contributed by atoms with Crippen LogP contribution < -0.4 is 4.74 Å². The van der Waals surface area contributed by atoms with E-state index in [-0.39, 0.29) is 11.9 Å². The fourth-order valence-electron chi connectivity index (χ4n) is 1.49. The van der Waals surface area contributed by atoms with Crippen LogP contribution in [0.2, 0.25) is 0 Å². The molecule has 0 saturated heterocycles. The van der Waals surface area contributed by atoms with E-state index >= 15 is 0 Å². The summed E-state index contributed by atoms with van der Waals surface area (Å²) in [5.41, 5.74) is 0.643. The van der Waals surface area contributed by atoms with E-state index in [4.69, 9.17) is 9.47 Å². The topological polar surface area (TPSA) is 35.5 Å². The highest BCUT2D eigenvalue weighted by Crippen LogP contribution is 2.20. The highest BCUT2D eigenvalue weighted by Gasteiger charge is 2.14. The second-order valence-electron chi connectivity index (χ2n) is 4.02. The van der Waals surface area contributed by atoms with Crippen molar-refractivity contribution in [2.45, 2.75) is 32.8 Å². The highest BCUT2D eigenvalue weighted by atomic mass is 16.5. The van der Waals surface area contributed by atoms with E-state index in [1.807, 2.05) is 32.0 Å². The number of benzene rings is 1. The standard InChI is InChI=1S/C14H20O3/c1-4-9-17-14-8-6-5-7-12(14)13(15)10-11(2)16-3/h5-8,11H,4,9-10H2,1-3H3. The van der Waals surface area contributed by atoms with Gasteiger partial charge in [-0.2, -0.15) is 0 Å². The van der Waals surface area contributed by atoms with Crippen LogP contribution in [0, 0.1) is 0 Å². The van der Waals surface area contributed by atoms with Crippen LogP contribution in [0.25, 0.3) is 0 Å². The van der Waals surface area contributed by atoms with Crippen molar-refractivity contribution in [3.63, 3.8) is 0 Å². The fourth-order valence-corrected chi connectivity index (χ4v) is 1.49. The molecule has 17 heavy (non-hydrogen) atoms. The Morgan fingerprint density at radius 1 is 1.35 bits per heavy atom. The molecule has 0 fully saturated rings. The number of ether oxygens (including phenoxy) is 2. The van der Waals surface area contributed by atoms with E-state index in [0.717, 1.165) is 6.42 Å². The third kappa shape index (κ3) is 4.19. The summed E-state index contributed by atoms with van der Waals surface area (Å²) in [6, 6.07) is 7.36. The average molecular weight is 236 g/mol. The highest BCUT2D eigenvalue weighted by molar-refractivity contribution is 5.98. The lowest BCUT2D eigenvalue weighted by Gasteiger charge is -2.12. The minimum absolute atomic E-state index is 0.0612. The largest absolute Gasteiger partial charge is 0.493 e. The van der Waals surface area contributed by atoms with Crippen molar-refractivity contribution in [3.05, 3.63) is 29.8 Å². The van der Waals surface area contributed by atoms with E-state index in [2.05, 4.69) is 0 Å². The van der Waals surface area contributed by atoms with Crippen molar-refractivity contribution in [2.75, 3.05) is 13.7 Å². The lowest BCUT2D eigenvalue weighted by Crippen LogP contribution is -2.13.